The van der Waals surface area contributed by atoms with Crippen molar-refractivity contribution in [2.24, 2.45) is 0 Å². The van der Waals surface area contributed by atoms with Crippen molar-refractivity contribution in [3.63, 3.8) is 0 Å². The highest BCUT2D eigenvalue weighted by atomic mass is 16.7. The summed E-state index contributed by atoms with van der Waals surface area (Å²) in [4.78, 5) is 70.6. The fourth-order valence-corrected chi connectivity index (χ4v) is 4.06. The smallest absolute Gasteiger partial charge is 0.340 e. The van der Waals surface area contributed by atoms with Crippen LogP contribution in [0.15, 0.2) is 72.8 Å². The molecule has 0 fully saturated rings. The Hall–Kier alpha value is -4.94. The summed E-state index contributed by atoms with van der Waals surface area (Å²) in [6.07, 6.45) is 5.36. The summed E-state index contributed by atoms with van der Waals surface area (Å²) in [7, 11) is 0. The first-order valence-electron chi connectivity index (χ1n) is 13.4. The van der Waals surface area contributed by atoms with E-state index in [0.29, 0.717) is 49.5 Å². The molecule has 0 aromatic heterocycles. The van der Waals surface area contributed by atoms with E-state index in [1.165, 1.54) is 42.5 Å². The predicted octanol–water partition coefficient (Wildman–Crippen LogP) is 3.35. The number of rotatable bonds is 13. The van der Waals surface area contributed by atoms with Crippen LogP contribution in [0.25, 0.3) is 0 Å². The Bertz CT molecular complexity index is 1350. The molecule has 2 aliphatic heterocycles. The molecule has 12 heteroatoms. The first-order chi connectivity index (χ1) is 20.7. The fraction of sp³-hybridized carbons (Fsp3) is 0.290. The summed E-state index contributed by atoms with van der Waals surface area (Å²) in [5.41, 5.74) is 1.67. The Morgan fingerprint density at radius 3 is 1.56 bits per heavy atom. The van der Waals surface area contributed by atoms with Gasteiger partial charge in [0.2, 0.25) is 0 Å². The van der Waals surface area contributed by atoms with Crippen LogP contribution in [-0.4, -0.2) is 68.8 Å². The van der Waals surface area contributed by atoms with Gasteiger partial charge in [-0.1, -0.05) is 6.08 Å². The van der Waals surface area contributed by atoms with Gasteiger partial charge in [-0.15, -0.1) is 0 Å². The standard InChI is InChI=1S/C30H30N2O9.CH2O/c1-20(40-29(36)22-7-11-24(12-8-22)31-17-5-6-26(31)33)38-18-3-4-19-39-21(2)41-30(37)23-9-13-25(14-10-23)32-27(34)15-16-28(32)35;1-2/h5-16,20-21H,3-4,17-19H2,1-2H3;1H2. The molecule has 2 aromatic carbocycles. The summed E-state index contributed by atoms with van der Waals surface area (Å²) < 4.78 is 21.7. The van der Waals surface area contributed by atoms with Crippen LogP contribution in [0.3, 0.4) is 0 Å². The molecule has 3 amide bonds. The number of carbonyl (C=O) groups is 6. The average molecular weight is 593 g/mol. The first kappa shape index (κ1) is 32.6. The van der Waals surface area contributed by atoms with E-state index < -0.39 is 36.3 Å². The fourth-order valence-electron chi connectivity index (χ4n) is 4.06. The first-order valence-corrected chi connectivity index (χ1v) is 13.4. The quantitative estimate of drug-likeness (QED) is 0.147. The molecule has 0 bridgehead atoms. The number of nitrogens with zero attached hydrogens (tertiary/aromatic N) is 2. The monoisotopic (exact) mass is 592 g/mol. The second-order valence-electron chi connectivity index (χ2n) is 9.18. The summed E-state index contributed by atoms with van der Waals surface area (Å²) >= 11 is 0. The molecule has 0 saturated heterocycles. The molecule has 0 N–H and O–H groups in total. The summed E-state index contributed by atoms with van der Waals surface area (Å²) in [5, 5.41) is 0. The van der Waals surface area contributed by atoms with Gasteiger partial charge in [0, 0.05) is 30.5 Å². The largest absolute Gasteiger partial charge is 0.432 e. The van der Waals surface area contributed by atoms with Gasteiger partial charge in [-0.3, -0.25) is 14.4 Å². The second kappa shape index (κ2) is 15.9. The molecule has 2 atom stereocenters. The van der Waals surface area contributed by atoms with E-state index in [4.69, 9.17) is 23.7 Å². The van der Waals surface area contributed by atoms with Crippen LogP contribution in [0.1, 0.15) is 47.4 Å². The number of hydrogen-bond donors (Lipinski definition) is 0. The van der Waals surface area contributed by atoms with E-state index in [-0.39, 0.29) is 11.5 Å². The maximum Gasteiger partial charge on any atom is 0.340 e. The molecule has 0 saturated carbocycles. The molecule has 2 aromatic rings. The third-order valence-corrected chi connectivity index (χ3v) is 6.19. The molecule has 4 rings (SSSR count). The number of esters is 2. The number of hydrogen-bond acceptors (Lipinski definition) is 10. The van der Waals surface area contributed by atoms with Crippen molar-refractivity contribution in [3.05, 3.63) is 84.0 Å². The highest BCUT2D eigenvalue weighted by Crippen LogP contribution is 2.21. The third kappa shape index (κ3) is 9.02. The molecular weight excluding hydrogens is 560 g/mol. The van der Waals surface area contributed by atoms with Gasteiger partial charge in [0.25, 0.3) is 17.7 Å². The predicted molar refractivity (Wildman–Crippen MR) is 154 cm³/mol. The van der Waals surface area contributed by atoms with Crippen molar-refractivity contribution in [2.75, 3.05) is 29.6 Å². The van der Waals surface area contributed by atoms with E-state index in [1.807, 2.05) is 6.79 Å². The van der Waals surface area contributed by atoms with Crippen molar-refractivity contribution in [1.82, 2.24) is 0 Å². The van der Waals surface area contributed by atoms with Crippen molar-refractivity contribution in [3.8, 4) is 0 Å². The average Bonchev–Trinajstić information content (AvgIpc) is 3.59. The molecule has 2 heterocycles. The van der Waals surface area contributed by atoms with Gasteiger partial charge in [-0.25, -0.2) is 14.5 Å². The molecule has 226 valence electrons. The van der Waals surface area contributed by atoms with Gasteiger partial charge in [0.05, 0.1) is 30.0 Å². The molecule has 0 radical (unpaired) electrons. The van der Waals surface area contributed by atoms with Gasteiger partial charge in [0.1, 0.15) is 6.79 Å². The Morgan fingerprint density at radius 1 is 0.698 bits per heavy atom. The van der Waals surface area contributed by atoms with E-state index in [1.54, 1.807) is 49.1 Å². The zero-order chi connectivity index (χ0) is 31.4. The van der Waals surface area contributed by atoms with E-state index in [2.05, 4.69) is 0 Å². The number of anilines is 2. The summed E-state index contributed by atoms with van der Waals surface area (Å²) in [6.45, 7) is 6.38. The molecule has 0 aliphatic carbocycles. The second-order valence-corrected chi connectivity index (χ2v) is 9.18. The molecule has 2 unspecified atom stereocenters. The highest BCUT2D eigenvalue weighted by Gasteiger charge is 2.25. The van der Waals surface area contributed by atoms with Crippen LogP contribution >= 0.6 is 0 Å². The van der Waals surface area contributed by atoms with Crippen LogP contribution in [0, 0.1) is 0 Å². The topological polar surface area (TPSA) is 146 Å². The van der Waals surface area contributed by atoms with Crippen molar-refractivity contribution >= 4 is 47.8 Å². The Balaban J connectivity index is 0.00000248. The van der Waals surface area contributed by atoms with Gasteiger partial charge in [0.15, 0.2) is 12.6 Å². The number of benzene rings is 2. The Morgan fingerprint density at radius 2 is 1.14 bits per heavy atom. The van der Waals surface area contributed by atoms with Gasteiger partial charge < -0.3 is 28.6 Å². The molecular formula is C31H32N2O10. The van der Waals surface area contributed by atoms with E-state index in [0.717, 1.165) is 4.90 Å². The van der Waals surface area contributed by atoms with Crippen LogP contribution in [0.4, 0.5) is 11.4 Å². The maximum absolute atomic E-state index is 12.4. The van der Waals surface area contributed by atoms with Gasteiger partial charge in [-0.2, -0.15) is 0 Å². The number of imide groups is 1. The van der Waals surface area contributed by atoms with Crippen LogP contribution in [0.2, 0.25) is 0 Å². The normalized spacial score (nSPS) is 15.3. The van der Waals surface area contributed by atoms with Crippen LogP contribution in [0.5, 0.6) is 0 Å². The third-order valence-electron chi connectivity index (χ3n) is 6.19. The van der Waals surface area contributed by atoms with Gasteiger partial charge >= 0.3 is 11.9 Å². The lowest BCUT2D eigenvalue weighted by Crippen LogP contribution is -2.29. The SMILES string of the molecule is C=O.CC(OCCCCOC(C)OC(=O)c1ccc(N2C(=O)C=CC2=O)cc1)OC(=O)c1ccc(N2CC=CC2=O)cc1. The Labute approximate surface area is 248 Å². The van der Waals surface area contributed by atoms with E-state index >= 15 is 0 Å². The zero-order valence-electron chi connectivity index (χ0n) is 23.8. The van der Waals surface area contributed by atoms with Crippen LogP contribution < -0.4 is 9.80 Å². The lowest BCUT2D eigenvalue weighted by molar-refractivity contribution is -0.120. The minimum absolute atomic E-state index is 0.0964. The summed E-state index contributed by atoms with van der Waals surface area (Å²) in [5.74, 6) is -2.10. The Kier molecular flexibility index (Phi) is 12.0. The maximum atomic E-state index is 12.4. The van der Waals surface area contributed by atoms with E-state index in [9.17, 15) is 24.0 Å². The highest BCUT2D eigenvalue weighted by molar-refractivity contribution is 6.28. The number of unbranched alkanes of at least 4 members (excludes halogenated alkanes) is 1. The molecule has 12 nitrogen and oxygen atoms in total. The van der Waals surface area contributed by atoms with Gasteiger partial charge in [-0.05, 0) is 75.2 Å². The van der Waals surface area contributed by atoms with Crippen LogP contribution in [-0.2, 0) is 38.1 Å². The van der Waals surface area contributed by atoms with Crippen molar-refractivity contribution in [2.45, 2.75) is 39.3 Å². The van der Waals surface area contributed by atoms with Crippen molar-refractivity contribution in [1.29, 1.82) is 0 Å². The minimum Gasteiger partial charge on any atom is -0.432 e. The molecule has 2 aliphatic rings. The lowest BCUT2D eigenvalue weighted by Gasteiger charge is -2.17. The summed E-state index contributed by atoms with van der Waals surface area (Å²) in [6, 6.07) is 12.5. The lowest BCUT2D eigenvalue weighted by atomic mass is 10.2. The zero-order valence-corrected chi connectivity index (χ0v) is 23.8. The number of carbonyl (C=O) groups excluding carboxylic acids is 6. The number of amides is 3. The number of ether oxygens (including phenoxy) is 4. The molecule has 43 heavy (non-hydrogen) atoms. The van der Waals surface area contributed by atoms with Crippen molar-refractivity contribution < 1.29 is 47.7 Å². The molecule has 0 spiro atoms. The minimum atomic E-state index is -0.792.